The number of aryl methyl sites for hydroxylation is 2. The minimum atomic E-state index is 0.590. The van der Waals surface area contributed by atoms with Gasteiger partial charge in [0.15, 0.2) is 0 Å². The van der Waals surface area contributed by atoms with Gasteiger partial charge in [0, 0.05) is 13.6 Å². The van der Waals surface area contributed by atoms with Crippen LogP contribution in [0.15, 0.2) is 42.5 Å². The molecule has 2 aromatic carbocycles. The van der Waals surface area contributed by atoms with E-state index in [4.69, 9.17) is 5.73 Å². The molecule has 0 fully saturated rings. The summed E-state index contributed by atoms with van der Waals surface area (Å²) in [6.07, 6.45) is 0.916. The number of fused-ring (bicyclic) bond motifs is 1. The van der Waals surface area contributed by atoms with E-state index in [0.29, 0.717) is 6.54 Å². The van der Waals surface area contributed by atoms with Gasteiger partial charge in [0.25, 0.3) is 0 Å². The SMILES string of the molecule is Cc1nc2cc(Cc3cccc(CN)c3)ccc2n1C. The van der Waals surface area contributed by atoms with Crippen molar-refractivity contribution in [2.45, 2.75) is 19.9 Å². The maximum atomic E-state index is 5.69. The maximum Gasteiger partial charge on any atom is 0.106 e. The first-order valence-electron chi connectivity index (χ1n) is 6.87. The highest BCUT2D eigenvalue weighted by Crippen LogP contribution is 2.19. The van der Waals surface area contributed by atoms with E-state index < -0.39 is 0 Å². The Hall–Kier alpha value is -2.13. The zero-order valence-corrected chi connectivity index (χ0v) is 11.9. The summed E-state index contributed by atoms with van der Waals surface area (Å²) < 4.78 is 2.12. The lowest BCUT2D eigenvalue weighted by Crippen LogP contribution is -1.97. The van der Waals surface area contributed by atoms with Crippen LogP contribution in [0.25, 0.3) is 11.0 Å². The Morgan fingerprint density at radius 2 is 1.80 bits per heavy atom. The van der Waals surface area contributed by atoms with Gasteiger partial charge in [-0.15, -0.1) is 0 Å². The van der Waals surface area contributed by atoms with Crippen LogP contribution < -0.4 is 5.73 Å². The van der Waals surface area contributed by atoms with Crippen LogP contribution in [-0.2, 0) is 20.0 Å². The van der Waals surface area contributed by atoms with E-state index >= 15 is 0 Å². The molecule has 20 heavy (non-hydrogen) atoms. The highest BCUT2D eigenvalue weighted by Gasteiger charge is 2.05. The number of rotatable bonds is 3. The molecule has 0 unspecified atom stereocenters. The van der Waals surface area contributed by atoms with Crippen molar-refractivity contribution in [3.8, 4) is 0 Å². The van der Waals surface area contributed by atoms with Crippen molar-refractivity contribution >= 4 is 11.0 Å². The molecule has 0 spiro atoms. The van der Waals surface area contributed by atoms with Gasteiger partial charge in [-0.1, -0.05) is 30.3 Å². The van der Waals surface area contributed by atoms with Crippen molar-refractivity contribution < 1.29 is 0 Å². The summed E-state index contributed by atoms with van der Waals surface area (Å²) in [7, 11) is 2.05. The molecule has 1 heterocycles. The molecule has 0 radical (unpaired) electrons. The van der Waals surface area contributed by atoms with Crippen LogP contribution in [0.3, 0.4) is 0 Å². The van der Waals surface area contributed by atoms with Gasteiger partial charge in [0.2, 0.25) is 0 Å². The van der Waals surface area contributed by atoms with Gasteiger partial charge in [-0.25, -0.2) is 4.98 Å². The van der Waals surface area contributed by atoms with E-state index in [1.54, 1.807) is 0 Å². The minimum Gasteiger partial charge on any atom is -0.331 e. The van der Waals surface area contributed by atoms with Gasteiger partial charge < -0.3 is 10.3 Å². The third-order valence-corrected chi connectivity index (χ3v) is 3.80. The van der Waals surface area contributed by atoms with E-state index in [9.17, 15) is 0 Å². The Balaban J connectivity index is 1.94. The monoisotopic (exact) mass is 265 g/mol. The number of aromatic nitrogens is 2. The lowest BCUT2D eigenvalue weighted by molar-refractivity contribution is 0.886. The normalized spacial score (nSPS) is 11.2. The van der Waals surface area contributed by atoms with Crippen molar-refractivity contribution in [3.63, 3.8) is 0 Å². The van der Waals surface area contributed by atoms with Crippen LogP contribution in [0.4, 0.5) is 0 Å². The van der Waals surface area contributed by atoms with E-state index in [1.807, 2.05) is 6.92 Å². The molecule has 3 aromatic rings. The first-order valence-corrected chi connectivity index (χ1v) is 6.87. The lowest BCUT2D eigenvalue weighted by Gasteiger charge is -2.05. The molecule has 0 amide bonds. The predicted molar refractivity (Wildman–Crippen MR) is 82.6 cm³/mol. The highest BCUT2D eigenvalue weighted by atomic mass is 15.0. The topological polar surface area (TPSA) is 43.8 Å². The summed E-state index contributed by atoms with van der Waals surface area (Å²) in [5.74, 6) is 1.04. The average molecular weight is 265 g/mol. The fourth-order valence-electron chi connectivity index (χ4n) is 2.58. The van der Waals surface area contributed by atoms with Gasteiger partial charge >= 0.3 is 0 Å². The van der Waals surface area contributed by atoms with Crippen LogP contribution in [-0.4, -0.2) is 9.55 Å². The molecular weight excluding hydrogens is 246 g/mol. The summed E-state index contributed by atoms with van der Waals surface area (Å²) in [6.45, 7) is 2.62. The van der Waals surface area contributed by atoms with Gasteiger partial charge in [0.1, 0.15) is 5.82 Å². The Labute approximate surface area is 119 Å². The van der Waals surface area contributed by atoms with Gasteiger partial charge in [0.05, 0.1) is 11.0 Å². The Bertz CT molecular complexity index is 756. The second-order valence-corrected chi connectivity index (χ2v) is 5.24. The lowest BCUT2D eigenvalue weighted by atomic mass is 10.0. The summed E-state index contributed by atoms with van der Waals surface area (Å²) in [6, 6.07) is 15.0. The quantitative estimate of drug-likeness (QED) is 0.791. The maximum absolute atomic E-state index is 5.69. The molecule has 3 rings (SSSR count). The summed E-state index contributed by atoms with van der Waals surface area (Å²) in [5.41, 5.74) is 11.7. The van der Waals surface area contributed by atoms with Crippen LogP contribution in [0.5, 0.6) is 0 Å². The van der Waals surface area contributed by atoms with Crippen molar-refractivity contribution in [3.05, 3.63) is 65.0 Å². The van der Waals surface area contributed by atoms with E-state index in [0.717, 1.165) is 17.8 Å². The fourth-order valence-corrected chi connectivity index (χ4v) is 2.58. The number of nitrogens with zero attached hydrogens (tertiary/aromatic N) is 2. The zero-order valence-electron chi connectivity index (χ0n) is 11.9. The van der Waals surface area contributed by atoms with Crippen molar-refractivity contribution in [2.75, 3.05) is 0 Å². The van der Waals surface area contributed by atoms with Crippen LogP contribution in [0.2, 0.25) is 0 Å². The van der Waals surface area contributed by atoms with Gasteiger partial charge in [-0.3, -0.25) is 0 Å². The molecule has 0 atom stereocenters. The molecule has 2 N–H and O–H groups in total. The van der Waals surface area contributed by atoms with Crippen molar-refractivity contribution in [1.82, 2.24) is 9.55 Å². The number of hydrogen-bond acceptors (Lipinski definition) is 2. The molecule has 3 nitrogen and oxygen atoms in total. The van der Waals surface area contributed by atoms with Gasteiger partial charge in [-0.05, 0) is 42.2 Å². The zero-order chi connectivity index (χ0) is 14.1. The Morgan fingerprint density at radius 1 is 1.05 bits per heavy atom. The average Bonchev–Trinajstić information content (AvgIpc) is 2.74. The summed E-state index contributed by atoms with van der Waals surface area (Å²) in [5, 5.41) is 0. The molecule has 0 aliphatic heterocycles. The number of benzene rings is 2. The second kappa shape index (κ2) is 5.10. The summed E-state index contributed by atoms with van der Waals surface area (Å²) in [4.78, 5) is 4.59. The number of hydrogen-bond donors (Lipinski definition) is 1. The molecule has 0 saturated heterocycles. The van der Waals surface area contributed by atoms with Crippen LogP contribution in [0.1, 0.15) is 22.5 Å². The number of nitrogens with two attached hydrogens (primary N) is 1. The molecule has 0 aliphatic rings. The van der Waals surface area contributed by atoms with Crippen LogP contribution in [0, 0.1) is 6.92 Å². The Kier molecular flexibility index (Phi) is 3.28. The third kappa shape index (κ3) is 2.32. The Morgan fingerprint density at radius 3 is 2.60 bits per heavy atom. The largest absolute Gasteiger partial charge is 0.331 e. The predicted octanol–water partition coefficient (Wildman–Crippen LogP) is 2.93. The molecule has 1 aromatic heterocycles. The first-order chi connectivity index (χ1) is 9.67. The molecular formula is C17H19N3. The highest BCUT2D eigenvalue weighted by molar-refractivity contribution is 5.76. The van der Waals surface area contributed by atoms with E-state index in [-0.39, 0.29) is 0 Å². The van der Waals surface area contributed by atoms with E-state index in [2.05, 4.69) is 59.1 Å². The minimum absolute atomic E-state index is 0.590. The third-order valence-electron chi connectivity index (χ3n) is 3.80. The van der Waals surface area contributed by atoms with Crippen molar-refractivity contribution in [1.29, 1.82) is 0 Å². The fraction of sp³-hybridized carbons (Fsp3) is 0.235. The van der Waals surface area contributed by atoms with Crippen LogP contribution >= 0.6 is 0 Å². The molecule has 0 aliphatic carbocycles. The van der Waals surface area contributed by atoms with Gasteiger partial charge in [-0.2, -0.15) is 0 Å². The molecule has 102 valence electrons. The number of imidazole rings is 1. The molecule has 0 bridgehead atoms. The standard InChI is InChI=1S/C17H19N3/c1-12-19-16-10-14(6-7-17(16)20(12)2)8-13-4-3-5-15(9-13)11-18/h3-7,9-10H,8,11,18H2,1-2H3. The second-order valence-electron chi connectivity index (χ2n) is 5.24. The van der Waals surface area contributed by atoms with E-state index in [1.165, 1.54) is 22.2 Å². The summed E-state index contributed by atoms with van der Waals surface area (Å²) >= 11 is 0. The molecule has 0 saturated carbocycles. The molecule has 3 heteroatoms. The van der Waals surface area contributed by atoms with Crippen molar-refractivity contribution in [2.24, 2.45) is 12.8 Å². The first kappa shape index (κ1) is 12.9. The smallest absolute Gasteiger partial charge is 0.106 e.